The molecule has 0 amide bonds. The van der Waals surface area contributed by atoms with E-state index in [1.807, 2.05) is 12.2 Å². The minimum Gasteiger partial charge on any atom is -0.462 e. The van der Waals surface area contributed by atoms with Crippen molar-refractivity contribution in [2.24, 2.45) is 0 Å². The fourth-order valence-corrected chi connectivity index (χ4v) is 7.44. The number of rotatable bonds is 50. The van der Waals surface area contributed by atoms with E-state index in [4.69, 9.17) is 14.2 Å². The molecule has 0 saturated heterocycles. The fourth-order valence-electron chi connectivity index (χ4n) is 7.44. The van der Waals surface area contributed by atoms with Crippen LogP contribution >= 0.6 is 0 Å². The predicted octanol–water partition coefficient (Wildman–Crippen LogP) is 19.4. The quantitative estimate of drug-likeness (QED) is 0.0262. The molecule has 0 heterocycles. The maximum atomic E-state index is 12.9. The topological polar surface area (TPSA) is 78.9 Å². The second-order valence-electron chi connectivity index (χ2n) is 18.4. The van der Waals surface area contributed by atoms with E-state index < -0.39 is 6.10 Å². The van der Waals surface area contributed by atoms with E-state index in [-0.39, 0.29) is 44.0 Å². The first-order chi connectivity index (χ1) is 35.0. The molecule has 0 aliphatic heterocycles. The Morgan fingerprint density at radius 1 is 0.296 bits per heavy atom. The highest BCUT2D eigenvalue weighted by Crippen LogP contribution is 2.15. The van der Waals surface area contributed by atoms with Gasteiger partial charge in [-0.2, -0.15) is 0 Å². The lowest BCUT2D eigenvalue weighted by Gasteiger charge is -2.18. The Bertz CT molecular complexity index is 1550. The number of carbonyl (C=O) groups excluding carboxylic acids is 3. The van der Waals surface area contributed by atoms with Crippen LogP contribution in [0.3, 0.4) is 0 Å². The van der Waals surface area contributed by atoms with Crippen LogP contribution in [0.4, 0.5) is 0 Å². The lowest BCUT2D eigenvalue weighted by Crippen LogP contribution is -2.30. The maximum Gasteiger partial charge on any atom is 0.306 e. The van der Waals surface area contributed by atoms with Gasteiger partial charge in [0.2, 0.25) is 0 Å². The van der Waals surface area contributed by atoms with Crippen LogP contribution < -0.4 is 0 Å². The third kappa shape index (κ3) is 56.3. The highest BCUT2D eigenvalue weighted by atomic mass is 16.6. The van der Waals surface area contributed by atoms with Crippen molar-refractivity contribution in [1.29, 1.82) is 0 Å². The van der Waals surface area contributed by atoms with Crippen molar-refractivity contribution in [3.8, 4) is 0 Å². The Balaban J connectivity index is 4.58. The normalized spacial score (nSPS) is 13.1. The van der Waals surface area contributed by atoms with Gasteiger partial charge in [-0.25, -0.2) is 0 Å². The van der Waals surface area contributed by atoms with Gasteiger partial charge in [0.1, 0.15) is 13.2 Å². The van der Waals surface area contributed by atoms with Gasteiger partial charge in [0.15, 0.2) is 6.10 Å². The molecule has 0 N–H and O–H groups in total. The molecule has 0 rings (SSSR count). The van der Waals surface area contributed by atoms with Gasteiger partial charge in [0, 0.05) is 19.3 Å². The minimum atomic E-state index is -0.830. The van der Waals surface area contributed by atoms with Crippen LogP contribution in [-0.4, -0.2) is 37.2 Å². The largest absolute Gasteiger partial charge is 0.462 e. The van der Waals surface area contributed by atoms with E-state index >= 15 is 0 Å². The number of hydrogen-bond acceptors (Lipinski definition) is 6. The average molecular weight is 982 g/mol. The Hall–Kier alpha value is -4.45. The van der Waals surface area contributed by atoms with Gasteiger partial charge in [-0.05, 0) is 103 Å². The molecule has 0 saturated carbocycles. The molecule has 6 heteroatoms. The van der Waals surface area contributed by atoms with Crippen molar-refractivity contribution < 1.29 is 28.6 Å². The molecule has 0 aromatic carbocycles. The molecule has 0 fully saturated rings. The fraction of sp³-hybridized carbons (Fsp3) is 0.615. The zero-order chi connectivity index (χ0) is 51.4. The molecule has 0 bridgehead atoms. The Labute approximate surface area is 436 Å². The summed E-state index contributed by atoms with van der Waals surface area (Å²) in [5.41, 5.74) is 0. The van der Waals surface area contributed by atoms with E-state index in [0.29, 0.717) is 19.3 Å². The van der Waals surface area contributed by atoms with Gasteiger partial charge in [-0.3, -0.25) is 14.4 Å². The van der Waals surface area contributed by atoms with Gasteiger partial charge in [0.25, 0.3) is 0 Å². The van der Waals surface area contributed by atoms with Crippen molar-refractivity contribution >= 4 is 17.9 Å². The van der Waals surface area contributed by atoms with Gasteiger partial charge in [0.05, 0.1) is 0 Å². The zero-order valence-electron chi connectivity index (χ0n) is 45.7. The molecule has 0 aliphatic carbocycles. The van der Waals surface area contributed by atoms with E-state index in [1.54, 1.807) is 0 Å². The van der Waals surface area contributed by atoms with Crippen molar-refractivity contribution in [1.82, 2.24) is 0 Å². The third-order valence-corrected chi connectivity index (χ3v) is 11.7. The Morgan fingerprint density at radius 3 is 0.944 bits per heavy atom. The third-order valence-electron chi connectivity index (χ3n) is 11.7. The van der Waals surface area contributed by atoms with Gasteiger partial charge >= 0.3 is 17.9 Å². The van der Waals surface area contributed by atoms with E-state index in [9.17, 15) is 14.4 Å². The van der Waals surface area contributed by atoms with E-state index in [1.165, 1.54) is 77.0 Å². The Kier molecular flexibility index (Phi) is 54.5. The van der Waals surface area contributed by atoms with E-state index in [2.05, 4.69) is 142 Å². The Morgan fingerprint density at radius 2 is 0.577 bits per heavy atom. The maximum absolute atomic E-state index is 12.9. The van der Waals surface area contributed by atoms with Crippen LogP contribution in [0.2, 0.25) is 0 Å². The van der Waals surface area contributed by atoms with Gasteiger partial charge in [-0.1, -0.05) is 251 Å². The van der Waals surface area contributed by atoms with Gasteiger partial charge in [-0.15, -0.1) is 0 Å². The number of esters is 3. The molecule has 0 aromatic rings. The first-order valence-corrected chi connectivity index (χ1v) is 28.7. The van der Waals surface area contributed by atoms with Crippen LogP contribution in [-0.2, 0) is 28.6 Å². The molecule has 0 aromatic heterocycles. The number of allylic oxidation sites excluding steroid dienone is 22. The van der Waals surface area contributed by atoms with Crippen molar-refractivity contribution in [3.63, 3.8) is 0 Å². The highest BCUT2D eigenvalue weighted by Gasteiger charge is 2.19. The van der Waals surface area contributed by atoms with Crippen molar-refractivity contribution in [2.75, 3.05) is 13.2 Å². The summed E-state index contributed by atoms with van der Waals surface area (Å²) in [6, 6.07) is 0. The second-order valence-corrected chi connectivity index (χ2v) is 18.4. The summed E-state index contributed by atoms with van der Waals surface area (Å²) in [6.45, 7) is 6.32. The first-order valence-electron chi connectivity index (χ1n) is 28.7. The monoisotopic (exact) mass is 981 g/mol. The highest BCUT2D eigenvalue weighted by molar-refractivity contribution is 5.71. The number of hydrogen-bond donors (Lipinski definition) is 0. The number of unbranched alkanes of at least 4 members (excludes halogenated alkanes) is 17. The molecule has 0 aliphatic rings. The molecule has 1 atom stereocenters. The lowest BCUT2D eigenvalue weighted by atomic mass is 10.0. The smallest absolute Gasteiger partial charge is 0.306 e. The summed E-state index contributed by atoms with van der Waals surface area (Å²) in [5, 5.41) is 0. The zero-order valence-corrected chi connectivity index (χ0v) is 45.7. The minimum absolute atomic E-state index is 0.117. The summed E-state index contributed by atoms with van der Waals surface area (Å²) in [7, 11) is 0. The molecule has 0 spiro atoms. The SMILES string of the molecule is CC/C=C/C/C=C/C/C=C/C/C=C/C/C=C/C/C=C/CCC(=O)OC[C@@H](COC(=O)CCCCCCCCCCCCCCCCC)OC(=O)CCCCC/C=C/C/C=C/C/C=C/C/C=C/C/C=C/CC. The molecule has 71 heavy (non-hydrogen) atoms. The average Bonchev–Trinajstić information content (AvgIpc) is 3.37. The predicted molar refractivity (Wildman–Crippen MR) is 306 cm³/mol. The molecular formula is C65H104O6. The standard InChI is InChI=1S/C65H104O6/c1-4-7-10-13-16-19-22-25-28-30-32-34-37-40-43-46-49-52-55-58-64(67)70-61-62(60-69-63(66)57-54-51-48-45-42-39-36-27-24-21-18-15-12-9-6-3)71-65(68)59-56-53-50-47-44-41-38-35-33-31-29-26-23-20-17-14-11-8-5-2/h7-8,10-11,16-17,19-20,25-26,28-29,32-35,40-41,43-44,49,52,62H,4-6,9,12-15,18,21-24,27,30-31,36-39,42,45-48,50-51,53-61H2,1-3H3/b10-7+,11-8+,19-16+,20-17+,28-25+,29-26+,34-32+,35-33+,43-40+,44-41+,52-49+/t62-/m1/s1. The van der Waals surface area contributed by atoms with Crippen molar-refractivity contribution in [2.45, 2.75) is 245 Å². The number of ether oxygens (including phenoxy) is 3. The molecule has 0 radical (unpaired) electrons. The molecular weight excluding hydrogens is 877 g/mol. The van der Waals surface area contributed by atoms with Crippen LogP contribution in [0.25, 0.3) is 0 Å². The van der Waals surface area contributed by atoms with E-state index in [0.717, 1.165) is 109 Å². The summed E-state index contributed by atoms with van der Waals surface area (Å²) in [6.07, 6.45) is 81.6. The first kappa shape index (κ1) is 66.6. The van der Waals surface area contributed by atoms with Crippen LogP contribution in [0, 0.1) is 0 Å². The molecule has 400 valence electrons. The summed E-state index contributed by atoms with van der Waals surface area (Å²) in [5.74, 6) is -1.04. The van der Waals surface area contributed by atoms with Crippen LogP contribution in [0.15, 0.2) is 134 Å². The number of carbonyl (C=O) groups is 3. The van der Waals surface area contributed by atoms with Gasteiger partial charge < -0.3 is 14.2 Å². The summed E-state index contributed by atoms with van der Waals surface area (Å²) in [4.78, 5) is 38.1. The second kappa shape index (κ2) is 58.1. The van der Waals surface area contributed by atoms with Crippen LogP contribution in [0.1, 0.15) is 239 Å². The summed E-state index contributed by atoms with van der Waals surface area (Å²) >= 11 is 0. The summed E-state index contributed by atoms with van der Waals surface area (Å²) < 4.78 is 16.8. The molecule has 0 unspecified atom stereocenters. The van der Waals surface area contributed by atoms with Crippen LogP contribution in [0.5, 0.6) is 0 Å². The van der Waals surface area contributed by atoms with Crippen molar-refractivity contribution in [3.05, 3.63) is 134 Å². The molecule has 6 nitrogen and oxygen atoms in total. The lowest BCUT2D eigenvalue weighted by molar-refractivity contribution is -0.166.